The Bertz CT molecular complexity index is 168. The molecule has 0 aromatic rings. The molecule has 1 heterocycles. The zero-order valence-corrected chi connectivity index (χ0v) is 6.58. The van der Waals surface area contributed by atoms with E-state index in [1.165, 1.54) is 0 Å². The van der Waals surface area contributed by atoms with Crippen LogP contribution in [0.1, 0.15) is 19.8 Å². The second-order valence-corrected chi connectivity index (χ2v) is 3.13. The first kappa shape index (κ1) is 7.10. The highest BCUT2D eigenvalue weighted by atomic mass is 16.6. The number of esters is 1. The summed E-state index contributed by atoms with van der Waals surface area (Å²) < 4.78 is 10.1. The maximum Gasteiger partial charge on any atom is 0.309 e. The van der Waals surface area contributed by atoms with E-state index < -0.39 is 0 Å². The summed E-state index contributed by atoms with van der Waals surface area (Å²) >= 11 is 0. The first-order chi connectivity index (χ1) is 5.31. The average molecular weight is 156 g/mol. The molecule has 0 bridgehead atoms. The molecule has 0 N–H and O–H groups in total. The average Bonchev–Trinajstić information content (AvgIpc) is 2.59. The van der Waals surface area contributed by atoms with Crippen LogP contribution in [0.25, 0.3) is 0 Å². The van der Waals surface area contributed by atoms with E-state index in [0.717, 1.165) is 12.8 Å². The number of fused-ring (bicyclic) bond motifs is 1. The van der Waals surface area contributed by atoms with E-state index in [0.29, 0.717) is 18.8 Å². The predicted molar refractivity (Wildman–Crippen MR) is 38.0 cm³/mol. The van der Waals surface area contributed by atoms with Gasteiger partial charge < -0.3 is 9.47 Å². The monoisotopic (exact) mass is 156 g/mol. The largest absolute Gasteiger partial charge is 0.466 e. The number of rotatable bonds is 2. The van der Waals surface area contributed by atoms with E-state index in [4.69, 9.17) is 9.47 Å². The van der Waals surface area contributed by atoms with Gasteiger partial charge in [0.15, 0.2) is 0 Å². The van der Waals surface area contributed by atoms with Crippen LogP contribution in [0.15, 0.2) is 0 Å². The third-order valence-corrected chi connectivity index (χ3v) is 2.34. The van der Waals surface area contributed by atoms with Gasteiger partial charge in [-0.3, -0.25) is 4.79 Å². The molecule has 3 heteroatoms. The highest BCUT2D eigenvalue weighted by Gasteiger charge is 2.50. The topological polar surface area (TPSA) is 38.8 Å². The Balaban J connectivity index is 1.82. The molecule has 1 saturated carbocycles. The summed E-state index contributed by atoms with van der Waals surface area (Å²) in [6.45, 7) is 2.33. The molecule has 2 aliphatic rings. The van der Waals surface area contributed by atoms with Crippen molar-refractivity contribution in [1.82, 2.24) is 0 Å². The fourth-order valence-corrected chi connectivity index (χ4v) is 1.70. The molecule has 2 fully saturated rings. The van der Waals surface area contributed by atoms with Crippen molar-refractivity contribution in [2.24, 2.45) is 5.92 Å². The Hall–Kier alpha value is -0.570. The van der Waals surface area contributed by atoms with Gasteiger partial charge in [0.1, 0.15) is 0 Å². The number of hydrogen-bond donors (Lipinski definition) is 0. The Morgan fingerprint density at radius 2 is 2.18 bits per heavy atom. The summed E-state index contributed by atoms with van der Waals surface area (Å²) in [5, 5.41) is 0. The lowest BCUT2D eigenvalue weighted by atomic mass is 10.1. The molecule has 3 nitrogen and oxygen atoms in total. The van der Waals surface area contributed by atoms with Gasteiger partial charge in [0.2, 0.25) is 0 Å². The first-order valence-electron chi connectivity index (χ1n) is 4.13. The predicted octanol–water partition coefficient (Wildman–Crippen LogP) is 0.727. The van der Waals surface area contributed by atoms with Gasteiger partial charge >= 0.3 is 5.97 Å². The zero-order chi connectivity index (χ0) is 7.84. The molecule has 11 heavy (non-hydrogen) atoms. The van der Waals surface area contributed by atoms with Crippen LogP contribution in [0, 0.1) is 5.92 Å². The van der Waals surface area contributed by atoms with Crippen molar-refractivity contribution in [3.63, 3.8) is 0 Å². The van der Waals surface area contributed by atoms with E-state index in [2.05, 4.69) is 0 Å². The normalized spacial score (nSPS) is 39.9. The van der Waals surface area contributed by atoms with Crippen LogP contribution in [0.4, 0.5) is 0 Å². The van der Waals surface area contributed by atoms with E-state index in [1.807, 2.05) is 6.92 Å². The van der Waals surface area contributed by atoms with E-state index in [-0.39, 0.29) is 11.9 Å². The number of carbonyl (C=O) groups is 1. The van der Waals surface area contributed by atoms with E-state index >= 15 is 0 Å². The minimum Gasteiger partial charge on any atom is -0.466 e. The quantitative estimate of drug-likeness (QED) is 0.437. The van der Waals surface area contributed by atoms with E-state index in [1.54, 1.807) is 0 Å². The van der Waals surface area contributed by atoms with Gasteiger partial charge in [-0.05, 0) is 19.8 Å². The van der Waals surface area contributed by atoms with Crippen LogP contribution < -0.4 is 0 Å². The van der Waals surface area contributed by atoms with Gasteiger partial charge in [-0.1, -0.05) is 0 Å². The number of epoxide rings is 1. The molecule has 1 unspecified atom stereocenters. The fraction of sp³-hybridized carbons (Fsp3) is 0.875. The minimum atomic E-state index is -0.0386. The van der Waals surface area contributed by atoms with Gasteiger partial charge in [-0.2, -0.15) is 0 Å². The summed E-state index contributed by atoms with van der Waals surface area (Å²) in [5.41, 5.74) is 0. The summed E-state index contributed by atoms with van der Waals surface area (Å²) in [6, 6.07) is 0. The van der Waals surface area contributed by atoms with Crippen LogP contribution in [-0.4, -0.2) is 24.8 Å². The van der Waals surface area contributed by atoms with Crippen LogP contribution in [0.2, 0.25) is 0 Å². The smallest absolute Gasteiger partial charge is 0.309 e. The molecular weight excluding hydrogens is 144 g/mol. The maximum atomic E-state index is 11.1. The molecular formula is C8H12O3. The van der Waals surface area contributed by atoms with Crippen molar-refractivity contribution in [1.29, 1.82) is 0 Å². The molecule has 1 saturated heterocycles. The van der Waals surface area contributed by atoms with Crippen molar-refractivity contribution in [2.45, 2.75) is 32.0 Å². The lowest BCUT2D eigenvalue weighted by Crippen LogP contribution is -2.16. The minimum absolute atomic E-state index is 0.0386. The number of ether oxygens (including phenoxy) is 2. The Kier molecular flexibility index (Phi) is 1.60. The lowest BCUT2D eigenvalue weighted by molar-refractivity contribution is -0.148. The Labute approximate surface area is 65.7 Å². The number of hydrogen-bond acceptors (Lipinski definition) is 3. The van der Waals surface area contributed by atoms with Gasteiger partial charge in [0.05, 0.1) is 24.7 Å². The maximum absolute atomic E-state index is 11.1. The van der Waals surface area contributed by atoms with Crippen molar-refractivity contribution >= 4 is 5.97 Å². The lowest BCUT2D eigenvalue weighted by Gasteiger charge is -2.08. The highest BCUT2D eigenvalue weighted by Crippen LogP contribution is 2.42. The molecule has 0 spiro atoms. The van der Waals surface area contributed by atoms with E-state index in [9.17, 15) is 4.79 Å². The van der Waals surface area contributed by atoms with Crippen molar-refractivity contribution in [3.8, 4) is 0 Å². The zero-order valence-electron chi connectivity index (χ0n) is 6.58. The first-order valence-corrected chi connectivity index (χ1v) is 4.13. The molecule has 0 aromatic heterocycles. The molecule has 3 atom stereocenters. The third kappa shape index (κ3) is 1.25. The standard InChI is InChI=1S/C8H12O3/c1-2-10-8(9)5-3-6-7(4-5)11-6/h5-7H,2-4H2,1H3/t5-,6-,7?/m1/s1. The van der Waals surface area contributed by atoms with Crippen LogP contribution in [-0.2, 0) is 14.3 Å². The fourth-order valence-electron chi connectivity index (χ4n) is 1.70. The van der Waals surface area contributed by atoms with Gasteiger partial charge in [0.25, 0.3) is 0 Å². The third-order valence-electron chi connectivity index (χ3n) is 2.34. The molecule has 0 amide bonds. The highest BCUT2D eigenvalue weighted by molar-refractivity contribution is 5.73. The molecule has 62 valence electrons. The number of carbonyl (C=O) groups excluding carboxylic acids is 1. The van der Waals surface area contributed by atoms with Crippen LogP contribution in [0.3, 0.4) is 0 Å². The van der Waals surface area contributed by atoms with Crippen molar-refractivity contribution in [2.75, 3.05) is 6.61 Å². The SMILES string of the molecule is CCOC(=O)[C@H]1CC2O[C@@H]2C1. The van der Waals surface area contributed by atoms with Gasteiger partial charge in [-0.25, -0.2) is 0 Å². The molecule has 0 radical (unpaired) electrons. The molecule has 1 aliphatic carbocycles. The summed E-state index contributed by atoms with van der Waals surface area (Å²) in [5.74, 6) is 0.0852. The molecule has 0 aromatic carbocycles. The summed E-state index contributed by atoms with van der Waals surface area (Å²) in [7, 11) is 0. The molecule has 2 rings (SSSR count). The summed E-state index contributed by atoms with van der Waals surface area (Å²) in [4.78, 5) is 11.1. The van der Waals surface area contributed by atoms with Gasteiger partial charge in [0, 0.05) is 0 Å². The van der Waals surface area contributed by atoms with Crippen LogP contribution >= 0.6 is 0 Å². The second kappa shape index (κ2) is 2.48. The Morgan fingerprint density at radius 3 is 2.73 bits per heavy atom. The van der Waals surface area contributed by atoms with Crippen molar-refractivity contribution in [3.05, 3.63) is 0 Å². The summed E-state index contributed by atoms with van der Waals surface area (Å²) in [6.07, 6.45) is 2.52. The van der Waals surface area contributed by atoms with Gasteiger partial charge in [-0.15, -0.1) is 0 Å². The second-order valence-electron chi connectivity index (χ2n) is 3.13. The van der Waals surface area contributed by atoms with Crippen LogP contribution in [0.5, 0.6) is 0 Å². The van der Waals surface area contributed by atoms with Crippen molar-refractivity contribution < 1.29 is 14.3 Å². The molecule has 1 aliphatic heterocycles. The Morgan fingerprint density at radius 1 is 1.55 bits per heavy atom.